The Morgan fingerprint density at radius 3 is 2.40 bits per heavy atom. The van der Waals surface area contributed by atoms with Crippen LogP contribution in [0.5, 0.6) is 0 Å². The SMILES string of the molecule is CCc1cc(C(=O)O)c(=O)n(C(F)(F)C(=O)OF)c1-c1ccc(N2CCC(CN(C)Cc3ccccc3)C2)cc1. The number of rotatable bonds is 10. The van der Waals surface area contributed by atoms with Crippen LogP contribution in [0.15, 0.2) is 65.5 Å². The van der Waals surface area contributed by atoms with Gasteiger partial charge in [-0.2, -0.15) is 8.78 Å². The summed E-state index contributed by atoms with van der Waals surface area (Å²) in [6.07, 6.45) is 1.04. The number of anilines is 1. The predicted octanol–water partition coefficient (Wildman–Crippen LogP) is 4.71. The van der Waals surface area contributed by atoms with Crippen molar-refractivity contribution in [2.45, 2.75) is 32.4 Å². The highest BCUT2D eigenvalue weighted by Crippen LogP contribution is 2.34. The Hall–Kier alpha value is -4.12. The first-order valence-corrected chi connectivity index (χ1v) is 12.9. The molecule has 1 aliphatic heterocycles. The molecule has 4 rings (SSSR count). The zero-order valence-electron chi connectivity index (χ0n) is 22.1. The molecular weight excluding hydrogens is 527 g/mol. The highest BCUT2D eigenvalue weighted by molar-refractivity contribution is 5.89. The minimum Gasteiger partial charge on any atom is -0.477 e. The summed E-state index contributed by atoms with van der Waals surface area (Å²) < 4.78 is 42.2. The van der Waals surface area contributed by atoms with Crippen LogP contribution >= 0.6 is 0 Å². The topological polar surface area (TPSA) is 92.1 Å². The molecule has 1 aromatic heterocycles. The normalized spacial score (nSPS) is 15.4. The van der Waals surface area contributed by atoms with Crippen LogP contribution in [-0.2, 0) is 28.7 Å². The third-order valence-corrected chi connectivity index (χ3v) is 7.14. The molecule has 0 radical (unpaired) electrons. The minimum absolute atomic E-state index is 0.0582. The number of carboxylic acids is 1. The molecule has 8 nitrogen and oxygen atoms in total. The molecule has 40 heavy (non-hydrogen) atoms. The van der Waals surface area contributed by atoms with E-state index in [-0.39, 0.29) is 27.8 Å². The lowest BCUT2D eigenvalue weighted by Gasteiger charge is -2.24. The van der Waals surface area contributed by atoms with Gasteiger partial charge in [0.05, 0.1) is 5.69 Å². The van der Waals surface area contributed by atoms with Crippen molar-refractivity contribution in [3.63, 3.8) is 0 Å². The molecular formula is C29H30F3N3O5. The average molecular weight is 558 g/mol. The third-order valence-electron chi connectivity index (χ3n) is 7.14. The van der Waals surface area contributed by atoms with Crippen LogP contribution in [0.2, 0.25) is 0 Å². The van der Waals surface area contributed by atoms with Gasteiger partial charge in [0.25, 0.3) is 5.56 Å². The number of pyridine rings is 1. The van der Waals surface area contributed by atoms with Crippen molar-refractivity contribution < 1.29 is 32.9 Å². The maximum absolute atomic E-state index is 15.0. The highest BCUT2D eigenvalue weighted by Gasteiger charge is 2.48. The fourth-order valence-corrected chi connectivity index (χ4v) is 5.26. The minimum atomic E-state index is -4.79. The highest BCUT2D eigenvalue weighted by atomic mass is 19.3. The fraction of sp³-hybridized carbons (Fsp3) is 0.345. The molecule has 0 saturated carbocycles. The molecule has 0 bridgehead atoms. The predicted molar refractivity (Wildman–Crippen MR) is 143 cm³/mol. The molecule has 0 spiro atoms. The number of carbonyl (C=O) groups is 2. The smallest absolute Gasteiger partial charge is 0.440 e. The van der Waals surface area contributed by atoms with Crippen molar-refractivity contribution >= 4 is 17.6 Å². The van der Waals surface area contributed by atoms with Crippen molar-refractivity contribution in [3.8, 4) is 11.3 Å². The van der Waals surface area contributed by atoms with Gasteiger partial charge in [-0.3, -0.25) is 4.79 Å². The summed E-state index contributed by atoms with van der Waals surface area (Å²) in [7, 11) is 2.08. The van der Waals surface area contributed by atoms with Gasteiger partial charge in [-0.15, -0.1) is 0 Å². The second-order valence-corrected chi connectivity index (χ2v) is 9.97. The maximum atomic E-state index is 15.0. The van der Waals surface area contributed by atoms with E-state index in [2.05, 4.69) is 33.9 Å². The Kier molecular flexibility index (Phi) is 8.63. The standard InChI is InChI=1S/C29H30F3N3O5/c1-3-21-15-24(27(37)38)26(36)35(29(30,31)28(39)40-32)25(21)22-9-11-23(12-10-22)34-14-13-20(18-34)17-33(2)16-19-7-5-4-6-8-19/h4-12,15,20H,3,13-14,16-18H2,1-2H3,(H,37,38). The number of aryl methyl sites for hydroxylation is 1. The van der Waals surface area contributed by atoms with Crippen LogP contribution in [0.3, 0.4) is 0 Å². The molecule has 3 aromatic rings. The molecule has 212 valence electrons. The number of benzene rings is 2. The molecule has 1 fully saturated rings. The van der Waals surface area contributed by atoms with Crippen LogP contribution in [0.4, 0.5) is 19.0 Å². The number of carbonyl (C=O) groups excluding carboxylic acids is 1. The van der Waals surface area contributed by atoms with Crippen molar-refractivity contribution in [2.24, 2.45) is 5.92 Å². The lowest BCUT2D eigenvalue weighted by molar-refractivity contribution is -0.226. The van der Waals surface area contributed by atoms with Crippen LogP contribution < -0.4 is 10.5 Å². The second-order valence-electron chi connectivity index (χ2n) is 9.97. The van der Waals surface area contributed by atoms with Crippen molar-refractivity contribution in [1.82, 2.24) is 9.47 Å². The molecule has 2 heterocycles. The zero-order valence-corrected chi connectivity index (χ0v) is 22.1. The van der Waals surface area contributed by atoms with E-state index < -0.39 is 29.1 Å². The summed E-state index contributed by atoms with van der Waals surface area (Å²) in [5.41, 5.74) is -0.715. The Morgan fingerprint density at radius 2 is 1.80 bits per heavy atom. The van der Waals surface area contributed by atoms with Gasteiger partial charge in [-0.25, -0.2) is 19.1 Å². The van der Waals surface area contributed by atoms with Gasteiger partial charge in [0.2, 0.25) is 0 Å². The number of halogens is 3. The number of carboxylic acid groups (broad SMARTS) is 1. The van der Waals surface area contributed by atoms with Crippen LogP contribution in [0.25, 0.3) is 11.3 Å². The van der Waals surface area contributed by atoms with E-state index in [0.717, 1.165) is 44.4 Å². The van der Waals surface area contributed by atoms with Gasteiger partial charge in [-0.1, -0.05) is 49.4 Å². The van der Waals surface area contributed by atoms with Crippen molar-refractivity contribution in [3.05, 3.63) is 87.7 Å². The van der Waals surface area contributed by atoms with E-state index in [1.54, 1.807) is 19.1 Å². The molecule has 1 unspecified atom stereocenters. The van der Waals surface area contributed by atoms with E-state index in [0.29, 0.717) is 5.92 Å². The van der Waals surface area contributed by atoms with E-state index >= 15 is 0 Å². The molecule has 1 aliphatic rings. The van der Waals surface area contributed by atoms with Gasteiger partial charge in [0.1, 0.15) is 5.56 Å². The summed E-state index contributed by atoms with van der Waals surface area (Å²) in [6.45, 7) is 4.94. The second kappa shape index (κ2) is 12.0. The monoisotopic (exact) mass is 557 g/mol. The van der Waals surface area contributed by atoms with Gasteiger partial charge in [0.15, 0.2) is 0 Å². The lowest BCUT2D eigenvalue weighted by Crippen LogP contribution is -2.44. The van der Waals surface area contributed by atoms with Crippen LogP contribution in [0, 0.1) is 5.92 Å². The van der Waals surface area contributed by atoms with E-state index in [4.69, 9.17) is 0 Å². The Labute approximate surface area is 229 Å². The largest absolute Gasteiger partial charge is 0.477 e. The van der Waals surface area contributed by atoms with Gasteiger partial charge in [-0.05, 0) is 60.7 Å². The zero-order chi connectivity index (χ0) is 29.0. The van der Waals surface area contributed by atoms with Gasteiger partial charge in [0, 0.05) is 36.4 Å². The van der Waals surface area contributed by atoms with Crippen molar-refractivity contribution in [2.75, 3.05) is 31.6 Å². The quantitative estimate of drug-likeness (QED) is 0.386. The van der Waals surface area contributed by atoms with E-state index in [1.165, 1.54) is 17.7 Å². The first-order valence-electron chi connectivity index (χ1n) is 12.9. The fourth-order valence-electron chi connectivity index (χ4n) is 5.26. The number of alkyl halides is 2. The maximum Gasteiger partial charge on any atom is 0.440 e. The molecule has 0 aliphatic carbocycles. The van der Waals surface area contributed by atoms with E-state index in [9.17, 15) is 32.8 Å². The molecule has 0 amide bonds. The van der Waals surface area contributed by atoms with E-state index in [1.807, 2.05) is 18.2 Å². The third kappa shape index (κ3) is 5.89. The lowest BCUT2D eigenvalue weighted by atomic mass is 10.0. The average Bonchev–Trinajstić information content (AvgIpc) is 3.40. The summed E-state index contributed by atoms with van der Waals surface area (Å²) in [4.78, 5) is 43.2. The van der Waals surface area contributed by atoms with Gasteiger partial charge < -0.3 is 14.9 Å². The molecule has 1 atom stereocenters. The summed E-state index contributed by atoms with van der Waals surface area (Å²) >= 11 is 0. The summed E-state index contributed by atoms with van der Waals surface area (Å²) in [5, 5.41) is 9.38. The Bertz CT molecular complexity index is 1430. The first-order chi connectivity index (χ1) is 19.1. The number of nitrogens with zero attached hydrogens (tertiary/aromatic N) is 3. The van der Waals surface area contributed by atoms with Gasteiger partial charge >= 0.3 is 18.0 Å². The Morgan fingerprint density at radius 1 is 1.12 bits per heavy atom. The number of hydrogen-bond acceptors (Lipinski definition) is 6. The molecule has 2 aromatic carbocycles. The summed E-state index contributed by atoms with van der Waals surface area (Å²) in [5.74, 6) is -3.95. The van der Waals surface area contributed by atoms with Crippen molar-refractivity contribution in [1.29, 1.82) is 0 Å². The first kappa shape index (κ1) is 28.9. The van der Waals surface area contributed by atoms with Crippen LogP contribution in [-0.4, -0.2) is 53.2 Å². The number of aromatic nitrogens is 1. The Balaban J connectivity index is 1.60. The number of aromatic carboxylic acids is 1. The molecule has 1 saturated heterocycles. The summed E-state index contributed by atoms with van der Waals surface area (Å²) in [6, 6.07) is 12.9. The number of hydrogen-bond donors (Lipinski definition) is 1. The molecule has 1 N–H and O–H groups in total. The van der Waals surface area contributed by atoms with Crippen LogP contribution in [0.1, 0.15) is 34.8 Å². The molecule has 11 heteroatoms.